The predicted octanol–water partition coefficient (Wildman–Crippen LogP) is 2.72. The molecule has 6 heteroatoms. The number of benzene rings is 1. The van der Waals surface area contributed by atoms with E-state index in [2.05, 4.69) is 5.43 Å². The maximum atomic E-state index is 13.5. The van der Waals surface area contributed by atoms with Gasteiger partial charge in [0.25, 0.3) is 0 Å². The predicted molar refractivity (Wildman–Crippen MR) is 65.5 cm³/mol. The van der Waals surface area contributed by atoms with E-state index in [0.717, 1.165) is 6.08 Å². The summed E-state index contributed by atoms with van der Waals surface area (Å²) < 4.78 is 45.4. The maximum absolute atomic E-state index is 13.5. The summed E-state index contributed by atoms with van der Waals surface area (Å²) in [6.07, 6.45) is -1.94. The fourth-order valence-corrected chi connectivity index (χ4v) is 2.24. The number of hydrogen-bond acceptors (Lipinski definition) is 3. The molecule has 2 rings (SSSR count). The van der Waals surface area contributed by atoms with Crippen molar-refractivity contribution in [1.29, 1.82) is 0 Å². The van der Waals surface area contributed by atoms with Crippen molar-refractivity contribution in [2.24, 2.45) is 0 Å². The fraction of sp³-hybridized carbons (Fsp3) is 0.385. The van der Waals surface area contributed by atoms with Crippen LogP contribution in [0.25, 0.3) is 0 Å². The Kier molecular flexibility index (Phi) is 3.22. The second-order valence-electron chi connectivity index (χ2n) is 4.53. The van der Waals surface area contributed by atoms with Gasteiger partial charge in [0.1, 0.15) is 5.75 Å². The van der Waals surface area contributed by atoms with Crippen molar-refractivity contribution in [3.05, 3.63) is 41.6 Å². The zero-order valence-electron chi connectivity index (χ0n) is 10.9. The van der Waals surface area contributed by atoms with Gasteiger partial charge >= 0.3 is 6.18 Å². The molecule has 0 fully saturated rings. The third kappa shape index (κ3) is 2.16. The van der Waals surface area contributed by atoms with Gasteiger partial charge in [-0.05, 0) is 36.3 Å². The summed E-state index contributed by atoms with van der Waals surface area (Å²) in [5.74, 6) is 0.536. The number of nitrogens with zero attached hydrogens (tertiary/aromatic N) is 1. The molecule has 0 saturated heterocycles. The molecule has 1 unspecified atom stereocenters. The Hall–Kier alpha value is -1.69. The van der Waals surface area contributed by atoms with Crippen LogP contribution in [0.2, 0.25) is 0 Å². The molecule has 0 aromatic heterocycles. The quantitative estimate of drug-likeness (QED) is 0.896. The van der Waals surface area contributed by atoms with Crippen LogP contribution in [0.5, 0.6) is 5.75 Å². The Morgan fingerprint density at radius 1 is 1.32 bits per heavy atom. The molecule has 0 radical (unpaired) electrons. The van der Waals surface area contributed by atoms with Crippen LogP contribution >= 0.6 is 0 Å². The molecule has 0 aliphatic carbocycles. The topological polar surface area (TPSA) is 24.5 Å². The molecule has 3 nitrogen and oxygen atoms in total. The Morgan fingerprint density at radius 2 is 2.00 bits per heavy atom. The van der Waals surface area contributed by atoms with Gasteiger partial charge in [-0.25, -0.2) is 5.43 Å². The first-order valence-corrected chi connectivity index (χ1v) is 5.72. The molecule has 104 valence electrons. The van der Waals surface area contributed by atoms with Crippen LogP contribution in [0.4, 0.5) is 13.2 Å². The van der Waals surface area contributed by atoms with E-state index in [1.165, 1.54) is 37.5 Å². The molecule has 1 aromatic rings. The second kappa shape index (κ2) is 4.45. The molecular formula is C13H15F3N2O. The minimum atomic E-state index is -4.44. The Bertz CT molecular complexity index is 513. The number of methoxy groups -OCH3 is 1. The number of rotatable bonds is 2. The van der Waals surface area contributed by atoms with Crippen molar-refractivity contribution >= 4 is 0 Å². The van der Waals surface area contributed by atoms with E-state index < -0.39 is 11.7 Å². The van der Waals surface area contributed by atoms with Crippen LogP contribution in [0.1, 0.15) is 11.1 Å². The van der Waals surface area contributed by atoms with E-state index in [0.29, 0.717) is 11.3 Å². The highest BCUT2D eigenvalue weighted by Crippen LogP contribution is 2.44. The lowest BCUT2D eigenvalue weighted by atomic mass is 9.87. The Morgan fingerprint density at radius 3 is 2.42 bits per heavy atom. The number of aryl methyl sites for hydroxylation is 1. The third-order valence-corrected chi connectivity index (χ3v) is 3.21. The van der Waals surface area contributed by atoms with E-state index in [1.807, 2.05) is 0 Å². The molecule has 0 amide bonds. The van der Waals surface area contributed by atoms with Gasteiger partial charge in [-0.1, -0.05) is 6.07 Å². The molecule has 0 saturated carbocycles. The van der Waals surface area contributed by atoms with E-state index in [4.69, 9.17) is 4.74 Å². The van der Waals surface area contributed by atoms with E-state index in [9.17, 15) is 13.2 Å². The van der Waals surface area contributed by atoms with Gasteiger partial charge in [0.05, 0.1) is 7.11 Å². The largest absolute Gasteiger partial charge is 0.497 e. The average Bonchev–Trinajstić information content (AvgIpc) is 2.71. The molecule has 1 heterocycles. The van der Waals surface area contributed by atoms with Gasteiger partial charge in [-0.2, -0.15) is 13.2 Å². The summed E-state index contributed by atoms with van der Waals surface area (Å²) in [5.41, 5.74) is 0.962. The third-order valence-electron chi connectivity index (χ3n) is 3.21. The smallest absolute Gasteiger partial charge is 0.416 e. The summed E-state index contributed by atoms with van der Waals surface area (Å²) in [7, 11) is 3.01. The number of hydrazine groups is 1. The lowest BCUT2D eigenvalue weighted by Gasteiger charge is -2.33. The first kappa shape index (κ1) is 13.7. The van der Waals surface area contributed by atoms with Crippen molar-refractivity contribution < 1.29 is 17.9 Å². The van der Waals surface area contributed by atoms with Crippen LogP contribution < -0.4 is 10.2 Å². The lowest BCUT2D eigenvalue weighted by Crippen LogP contribution is -2.53. The van der Waals surface area contributed by atoms with Gasteiger partial charge < -0.3 is 9.75 Å². The highest BCUT2D eigenvalue weighted by Gasteiger charge is 2.57. The second-order valence-corrected chi connectivity index (χ2v) is 4.53. The molecule has 19 heavy (non-hydrogen) atoms. The number of hydrogen-bond donors (Lipinski definition) is 1. The molecule has 1 aromatic carbocycles. The fourth-order valence-electron chi connectivity index (χ4n) is 2.24. The first-order chi connectivity index (χ1) is 8.80. The van der Waals surface area contributed by atoms with E-state index in [-0.39, 0.29) is 5.56 Å². The molecular weight excluding hydrogens is 257 g/mol. The van der Waals surface area contributed by atoms with Crippen molar-refractivity contribution in [2.75, 3.05) is 14.2 Å². The number of ether oxygens (including phenoxy) is 1. The summed E-state index contributed by atoms with van der Waals surface area (Å²) in [6, 6.07) is 4.57. The minimum Gasteiger partial charge on any atom is -0.497 e. The van der Waals surface area contributed by atoms with Crippen molar-refractivity contribution in [1.82, 2.24) is 10.4 Å². The zero-order chi connectivity index (χ0) is 14.3. The highest BCUT2D eigenvalue weighted by atomic mass is 19.4. The average molecular weight is 272 g/mol. The molecule has 0 bridgehead atoms. The molecule has 1 N–H and O–H groups in total. The van der Waals surface area contributed by atoms with Gasteiger partial charge in [0.2, 0.25) is 0 Å². The van der Waals surface area contributed by atoms with Crippen molar-refractivity contribution in [3.8, 4) is 5.75 Å². The van der Waals surface area contributed by atoms with E-state index in [1.54, 1.807) is 13.0 Å². The summed E-state index contributed by atoms with van der Waals surface area (Å²) in [5, 5.41) is 1.30. The number of nitrogens with one attached hydrogen (secondary N) is 1. The van der Waals surface area contributed by atoms with E-state index >= 15 is 0 Å². The standard InChI is InChI=1S/C13H15F3N2O/c1-9-8-10(19-3)4-5-11(9)12(13(14,15)16)6-7-18(2)17-12/h4-8,17H,1-3H3. The van der Waals surface area contributed by atoms with Gasteiger partial charge in [0.15, 0.2) is 5.54 Å². The van der Waals surface area contributed by atoms with Crippen molar-refractivity contribution in [2.45, 2.75) is 18.6 Å². The van der Waals surface area contributed by atoms with Crippen LogP contribution in [0.15, 0.2) is 30.5 Å². The number of alkyl halides is 3. The van der Waals surface area contributed by atoms with Gasteiger partial charge in [-0.3, -0.25) is 0 Å². The first-order valence-electron chi connectivity index (χ1n) is 5.72. The molecule has 0 spiro atoms. The minimum absolute atomic E-state index is 0.168. The number of halogens is 3. The zero-order valence-corrected chi connectivity index (χ0v) is 10.9. The molecule has 1 aliphatic rings. The maximum Gasteiger partial charge on any atom is 0.416 e. The SMILES string of the molecule is COc1ccc(C2(C(F)(F)F)C=CN(C)N2)c(C)c1. The molecule has 1 aliphatic heterocycles. The Labute approximate surface area is 109 Å². The van der Waals surface area contributed by atoms with Gasteiger partial charge in [-0.15, -0.1) is 0 Å². The summed E-state index contributed by atoms with van der Waals surface area (Å²) >= 11 is 0. The summed E-state index contributed by atoms with van der Waals surface area (Å²) in [4.78, 5) is 0. The summed E-state index contributed by atoms with van der Waals surface area (Å²) in [6.45, 7) is 1.64. The van der Waals surface area contributed by atoms with Gasteiger partial charge in [0, 0.05) is 13.2 Å². The monoisotopic (exact) mass is 272 g/mol. The van der Waals surface area contributed by atoms with Crippen LogP contribution in [0, 0.1) is 6.92 Å². The van der Waals surface area contributed by atoms with Crippen LogP contribution in [0.3, 0.4) is 0 Å². The van der Waals surface area contributed by atoms with Crippen LogP contribution in [-0.4, -0.2) is 25.3 Å². The normalized spacial score (nSPS) is 22.9. The van der Waals surface area contributed by atoms with Crippen molar-refractivity contribution in [3.63, 3.8) is 0 Å². The Balaban J connectivity index is 2.55. The lowest BCUT2D eigenvalue weighted by molar-refractivity contribution is -0.191. The molecule has 1 atom stereocenters. The highest BCUT2D eigenvalue weighted by molar-refractivity contribution is 5.43. The van der Waals surface area contributed by atoms with Crippen LogP contribution in [-0.2, 0) is 5.54 Å².